The molecule has 1 heterocycles. The highest BCUT2D eigenvalue weighted by atomic mass is 16.6. The maximum Gasteiger partial charge on any atom is 0.418 e. The van der Waals surface area contributed by atoms with Crippen molar-refractivity contribution in [1.29, 1.82) is 0 Å². The Hall–Kier alpha value is -2.88. The number of nitrogens with zero attached hydrogens (tertiary/aromatic N) is 1. The van der Waals surface area contributed by atoms with Crippen molar-refractivity contribution in [3.05, 3.63) is 84.4 Å². The van der Waals surface area contributed by atoms with E-state index < -0.39 is 17.7 Å². The minimum absolute atomic E-state index is 0.00849. The first-order valence-electron chi connectivity index (χ1n) is 11.7. The van der Waals surface area contributed by atoms with Gasteiger partial charge >= 0.3 is 6.09 Å². The molecule has 0 aliphatic carbocycles. The maximum atomic E-state index is 13.8. The Bertz CT molecular complexity index is 867. The van der Waals surface area contributed by atoms with Gasteiger partial charge in [0.25, 0.3) is 0 Å². The second-order valence-corrected chi connectivity index (χ2v) is 8.95. The average molecular weight is 434 g/mol. The number of unbranched alkanes of at least 4 members (excludes halogenated alkanes) is 2. The van der Waals surface area contributed by atoms with Crippen molar-refractivity contribution in [2.75, 3.05) is 0 Å². The molecule has 0 N–H and O–H groups in total. The molecule has 0 bridgehead atoms. The number of imide groups is 1. The molecule has 3 rings (SSSR count). The van der Waals surface area contributed by atoms with Gasteiger partial charge in [0.05, 0.1) is 6.04 Å². The van der Waals surface area contributed by atoms with E-state index >= 15 is 0 Å². The number of carbonyl (C=O) groups is 2. The van der Waals surface area contributed by atoms with Crippen LogP contribution in [0.3, 0.4) is 0 Å². The normalized spacial score (nSPS) is 18.4. The highest BCUT2D eigenvalue weighted by Gasteiger charge is 2.59. The summed E-state index contributed by atoms with van der Waals surface area (Å²) >= 11 is 0. The molecule has 170 valence electrons. The summed E-state index contributed by atoms with van der Waals surface area (Å²) < 4.78 is 6.22. The van der Waals surface area contributed by atoms with Crippen LogP contribution in [0, 0.1) is 11.8 Å². The Morgan fingerprint density at radius 3 is 2.09 bits per heavy atom. The van der Waals surface area contributed by atoms with E-state index in [4.69, 9.17) is 4.74 Å². The minimum Gasteiger partial charge on any atom is -0.430 e. The number of rotatable bonds is 10. The van der Waals surface area contributed by atoms with Crippen LogP contribution in [0.5, 0.6) is 0 Å². The number of carbonyl (C=O) groups excluding carboxylic acids is 2. The van der Waals surface area contributed by atoms with E-state index in [1.54, 1.807) is 6.08 Å². The Morgan fingerprint density at radius 2 is 1.62 bits per heavy atom. The molecule has 1 fully saturated rings. The van der Waals surface area contributed by atoms with Crippen LogP contribution in [0.25, 0.3) is 0 Å². The topological polar surface area (TPSA) is 46.6 Å². The summed E-state index contributed by atoms with van der Waals surface area (Å²) in [6.45, 7) is 10.1. The molecule has 1 aliphatic heterocycles. The minimum atomic E-state index is -1.05. The smallest absolute Gasteiger partial charge is 0.418 e. The molecule has 0 unspecified atom stereocenters. The molecular weight excluding hydrogens is 398 g/mol. The molecule has 2 atom stereocenters. The monoisotopic (exact) mass is 433 g/mol. The van der Waals surface area contributed by atoms with Crippen molar-refractivity contribution in [2.45, 2.75) is 64.5 Å². The Morgan fingerprint density at radius 1 is 1.06 bits per heavy atom. The SMILES string of the molecule is C=CC[C@@H](CCCCC)C(=O)N1C(=O)OC(c2ccccc2)(c2ccccc2)[C@H]1C(C)C. The zero-order valence-corrected chi connectivity index (χ0v) is 19.5. The van der Waals surface area contributed by atoms with Crippen LogP contribution in [0.2, 0.25) is 0 Å². The first-order valence-corrected chi connectivity index (χ1v) is 11.7. The van der Waals surface area contributed by atoms with Crippen LogP contribution in [0.4, 0.5) is 4.79 Å². The van der Waals surface area contributed by atoms with Gasteiger partial charge in [0.1, 0.15) is 0 Å². The number of allylic oxidation sites excluding steroid dienone is 1. The molecule has 4 heteroatoms. The van der Waals surface area contributed by atoms with E-state index in [1.807, 2.05) is 74.5 Å². The summed E-state index contributed by atoms with van der Waals surface area (Å²) in [6, 6.07) is 19.1. The lowest BCUT2D eigenvalue weighted by Gasteiger charge is -2.38. The van der Waals surface area contributed by atoms with Crippen molar-refractivity contribution in [2.24, 2.45) is 11.8 Å². The molecular formula is C28H35NO3. The van der Waals surface area contributed by atoms with E-state index in [-0.39, 0.29) is 17.7 Å². The van der Waals surface area contributed by atoms with E-state index in [0.29, 0.717) is 6.42 Å². The summed E-state index contributed by atoms with van der Waals surface area (Å²) in [4.78, 5) is 28.6. The molecule has 0 radical (unpaired) electrons. The van der Waals surface area contributed by atoms with Gasteiger partial charge in [0.15, 0.2) is 5.60 Å². The van der Waals surface area contributed by atoms with Gasteiger partial charge in [-0.2, -0.15) is 0 Å². The van der Waals surface area contributed by atoms with Crippen LogP contribution in [0.15, 0.2) is 73.3 Å². The van der Waals surface area contributed by atoms with Gasteiger partial charge < -0.3 is 4.74 Å². The fourth-order valence-corrected chi connectivity index (χ4v) is 4.92. The number of ether oxygens (including phenoxy) is 1. The molecule has 0 saturated carbocycles. The number of hydrogen-bond donors (Lipinski definition) is 0. The predicted octanol–water partition coefficient (Wildman–Crippen LogP) is 6.71. The lowest BCUT2D eigenvalue weighted by molar-refractivity contribution is -0.135. The molecule has 2 aromatic rings. The summed E-state index contributed by atoms with van der Waals surface area (Å²) in [5.74, 6) is -0.431. The number of hydrogen-bond acceptors (Lipinski definition) is 3. The summed E-state index contributed by atoms with van der Waals surface area (Å²) in [5.41, 5.74) is 0.700. The van der Waals surface area contributed by atoms with E-state index in [1.165, 1.54) is 4.90 Å². The lowest BCUT2D eigenvalue weighted by Crippen LogP contribution is -2.51. The van der Waals surface area contributed by atoms with Gasteiger partial charge in [-0.1, -0.05) is 107 Å². The molecule has 1 aliphatic rings. The first-order chi connectivity index (χ1) is 15.5. The highest BCUT2D eigenvalue weighted by Crippen LogP contribution is 2.47. The third-order valence-corrected chi connectivity index (χ3v) is 6.37. The number of benzene rings is 2. The lowest BCUT2D eigenvalue weighted by atomic mass is 9.75. The van der Waals surface area contributed by atoms with Crippen LogP contribution >= 0.6 is 0 Å². The summed E-state index contributed by atoms with van der Waals surface area (Å²) in [6.07, 6.45) is 5.63. The average Bonchev–Trinajstić information content (AvgIpc) is 3.13. The summed E-state index contributed by atoms with van der Waals surface area (Å²) in [7, 11) is 0. The van der Waals surface area contributed by atoms with Crippen molar-refractivity contribution >= 4 is 12.0 Å². The zero-order chi connectivity index (χ0) is 23.1. The fraction of sp³-hybridized carbons (Fsp3) is 0.429. The van der Waals surface area contributed by atoms with Crippen LogP contribution in [-0.4, -0.2) is 22.9 Å². The molecule has 0 aromatic heterocycles. The van der Waals surface area contributed by atoms with Gasteiger partial charge in [0.2, 0.25) is 5.91 Å². The second kappa shape index (κ2) is 10.6. The molecule has 32 heavy (non-hydrogen) atoms. The Labute approximate surface area is 192 Å². The van der Waals surface area contributed by atoms with Crippen LogP contribution < -0.4 is 0 Å². The van der Waals surface area contributed by atoms with Crippen molar-refractivity contribution in [3.8, 4) is 0 Å². The first kappa shape index (κ1) is 23.8. The maximum absolute atomic E-state index is 13.8. The molecule has 0 spiro atoms. The third kappa shape index (κ3) is 4.50. The molecule has 2 aromatic carbocycles. The van der Waals surface area contributed by atoms with Gasteiger partial charge in [-0.15, -0.1) is 6.58 Å². The fourth-order valence-electron chi connectivity index (χ4n) is 4.92. The Balaban J connectivity index is 2.10. The molecule has 1 saturated heterocycles. The number of cyclic esters (lactones) is 1. The zero-order valence-electron chi connectivity index (χ0n) is 19.5. The second-order valence-electron chi connectivity index (χ2n) is 8.95. The van der Waals surface area contributed by atoms with Crippen molar-refractivity contribution < 1.29 is 14.3 Å². The van der Waals surface area contributed by atoms with Gasteiger partial charge in [-0.25, -0.2) is 9.69 Å². The summed E-state index contributed by atoms with van der Waals surface area (Å²) in [5, 5.41) is 0. The quantitative estimate of drug-likeness (QED) is 0.309. The van der Waals surface area contributed by atoms with Crippen molar-refractivity contribution in [1.82, 2.24) is 4.90 Å². The number of amides is 2. The largest absolute Gasteiger partial charge is 0.430 e. The van der Waals surface area contributed by atoms with Crippen LogP contribution in [0.1, 0.15) is 64.0 Å². The molecule has 4 nitrogen and oxygen atoms in total. The van der Waals surface area contributed by atoms with Gasteiger partial charge in [0, 0.05) is 17.0 Å². The highest BCUT2D eigenvalue weighted by molar-refractivity contribution is 5.96. The van der Waals surface area contributed by atoms with Crippen molar-refractivity contribution in [3.63, 3.8) is 0 Å². The Kier molecular flexibility index (Phi) is 7.89. The van der Waals surface area contributed by atoms with E-state index in [9.17, 15) is 9.59 Å². The van der Waals surface area contributed by atoms with Gasteiger partial charge in [-0.3, -0.25) is 4.79 Å². The van der Waals surface area contributed by atoms with E-state index in [0.717, 1.165) is 36.8 Å². The standard InChI is InChI=1S/C28H35NO3/c1-5-7-10-16-22(15-6-2)26(30)29-25(21(3)4)28(32-27(29)31,23-17-11-8-12-18-23)24-19-13-9-14-20-24/h6,8-9,11-14,17-22,25H,2,5,7,10,15-16H2,1,3-4H3/t22-,25+/m0/s1. The van der Waals surface area contributed by atoms with E-state index in [2.05, 4.69) is 13.5 Å². The third-order valence-electron chi connectivity index (χ3n) is 6.37. The predicted molar refractivity (Wildman–Crippen MR) is 128 cm³/mol. The molecule has 2 amide bonds. The van der Waals surface area contributed by atoms with Gasteiger partial charge in [-0.05, 0) is 18.8 Å². The van der Waals surface area contributed by atoms with Crippen LogP contribution in [-0.2, 0) is 15.1 Å².